The van der Waals surface area contributed by atoms with Gasteiger partial charge in [-0.25, -0.2) is 0 Å². The maximum atomic E-state index is 11.4. The van der Waals surface area contributed by atoms with Gasteiger partial charge in [-0.1, -0.05) is 74.0 Å². The van der Waals surface area contributed by atoms with E-state index in [2.05, 4.69) is 22.6 Å². The van der Waals surface area contributed by atoms with Crippen LogP contribution in [0.2, 0.25) is 0 Å². The lowest BCUT2D eigenvalue weighted by Gasteiger charge is -2.41. The second-order valence-corrected chi connectivity index (χ2v) is 7.12. The molecule has 0 aromatic carbocycles. The lowest BCUT2D eigenvalue weighted by molar-refractivity contribution is -0.114. The van der Waals surface area contributed by atoms with Crippen LogP contribution < -0.4 is 0 Å². The van der Waals surface area contributed by atoms with Gasteiger partial charge in [-0.2, -0.15) is 0 Å². The van der Waals surface area contributed by atoms with Crippen molar-refractivity contribution in [2.24, 2.45) is 17.8 Å². The quantitative estimate of drug-likeness (QED) is 0.333. The molecule has 0 bridgehead atoms. The van der Waals surface area contributed by atoms with Crippen molar-refractivity contribution < 1.29 is 4.79 Å². The second-order valence-electron chi connectivity index (χ2n) is 6.40. The van der Waals surface area contributed by atoms with Crippen molar-refractivity contribution in [3.63, 3.8) is 0 Å². The van der Waals surface area contributed by atoms with Gasteiger partial charge in [0.1, 0.15) is 0 Å². The van der Waals surface area contributed by atoms with E-state index in [4.69, 9.17) is 0 Å². The van der Waals surface area contributed by atoms with E-state index in [1.807, 2.05) is 4.08 Å². The third-order valence-corrected chi connectivity index (χ3v) is 5.58. The molecule has 3 unspecified atom stereocenters. The van der Waals surface area contributed by atoms with Crippen LogP contribution in [0.5, 0.6) is 0 Å². The van der Waals surface area contributed by atoms with Crippen LogP contribution >= 0.6 is 22.6 Å². The van der Waals surface area contributed by atoms with Crippen molar-refractivity contribution in [1.82, 2.24) is 0 Å². The van der Waals surface area contributed by atoms with Crippen LogP contribution in [0.25, 0.3) is 0 Å². The minimum absolute atomic E-state index is 0.300. The van der Waals surface area contributed by atoms with Crippen molar-refractivity contribution >= 4 is 28.4 Å². The van der Waals surface area contributed by atoms with Crippen LogP contribution in [0.15, 0.2) is 10.2 Å². The molecule has 0 aromatic heterocycles. The molecule has 0 heterocycles. The Morgan fingerprint density at radius 2 is 1.84 bits per heavy atom. The molecule has 0 radical (unpaired) electrons. The zero-order valence-electron chi connectivity index (χ0n) is 12.0. The number of allylic oxidation sites excluding steroid dienone is 1. The van der Waals surface area contributed by atoms with Gasteiger partial charge in [0, 0.05) is 6.42 Å². The molecule has 3 atom stereocenters. The summed E-state index contributed by atoms with van der Waals surface area (Å²) in [5, 5.41) is 0. The van der Waals surface area contributed by atoms with Gasteiger partial charge in [0.05, 0.1) is 0 Å². The van der Waals surface area contributed by atoms with Gasteiger partial charge < -0.3 is 0 Å². The fourth-order valence-electron chi connectivity index (χ4n) is 4.29. The third-order valence-electron chi connectivity index (χ3n) is 5.22. The maximum absolute atomic E-state index is 11.4. The van der Waals surface area contributed by atoms with E-state index in [1.165, 1.54) is 57.8 Å². The summed E-state index contributed by atoms with van der Waals surface area (Å²) in [5.41, 5.74) is 0. The molecule has 2 fully saturated rings. The van der Waals surface area contributed by atoms with Gasteiger partial charge in [0.15, 0.2) is 5.78 Å². The smallest absolute Gasteiger partial charge is 0.156 e. The van der Waals surface area contributed by atoms with E-state index in [1.54, 1.807) is 6.08 Å². The first kappa shape index (κ1) is 15.5. The molecule has 2 saturated carbocycles. The van der Waals surface area contributed by atoms with E-state index in [-0.39, 0.29) is 0 Å². The molecule has 2 aliphatic carbocycles. The number of halogens is 1. The molecular formula is C17H27IO. The Hall–Kier alpha value is 0.140. The van der Waals surface area contributed by atoms with E-state index in [9.17, 15) is 4.79 Å². The number of hydrogen-bond acceptors (Lipinski definition) is 1. The number of carbonyl (C=O) groups excluding carboxylic acids is 1. The van der Waals surface area contributed by atoms with Gasteiger partial charge >= 0.3 is 0 Å². The molecule has 0 spiro atoms. The minimum Gasteiger partial charge on any atom is -0.295 e. The SMILES string of the molecule is O=C(C=CI)CCCCC1CCCC2CCCCC12. The summed E-state index contributed by atoms with van der Waals surface area (Å²) in [6.07, 6.45) is 16.5. The molecule has 2 aliphatic rings. The Bertz CT molecular complexity index is 308. The van der Waals surface area contributed by atoms with Gasteiger partial charge in [-0.05, 0) is 40.8 Å². The number of ketones is 1. The maximum Gasteiger partial charge on any atom is 0.156 e. The van der Waals surface area contributed by atoms with E-state index in [0.717, 1.165) is 30.6 Å². The monoisotopic (exact) mass is 374 g/mol. The van der Waals surface area contributed by atoms with Crippen LogP contribution in [0, 0.1) is 17.8 Å². The summed E-state index contributed by atoms with van der Waals surface area (Å²) in [4.78, 5) is 11.4. The largest absolute Gasteiger partial charge is 0.295 e. The van der Waals surface area contributed by atoms with Gasteiger partial charge in [0.25, 0.3) is 0 Å². The molecule has 0 aromatic rings. The Labute approximate surface area is 131 Å². The fourth-order valence-corrected chi connectivity index (χ4v) is 4.69. The minimum atomic E-state index is 0.300. The zero-order valence-corrected chi connectivity index (χ0v) is 14.1. The molecule has 0 N–H and O–H groups in total. The molecule has 2 rings (SSSR count). The van der Waals surface area contributed by atoms with E-state index in [0.29, 0.717) is 5.78 Å². The van der Waals surface area contributed by atoms with Crippen molar-refractivity contribution in [2.75, 3.05) is 0 Å². The van der Waals surface area contributed by atoms with Gasteiger partial charge in [0.2, 0.25) is 0 Å². The Morgan fingerprint density at radius 1 is 1.05 bits per heavy atom. The molecule has 108 valence electrons. The van der Waals surface area contributed by atoms with Gasteiger partial charge in [-0.15, -0.1) is 0 Å². The Kier molecular flexibility index (Phi) is 6.89. The predicted octanol–water partition coefficient (Wildman–Crippen LogP) is 5.67. The summed E-state index contributed by atoms with van der Waals surface area (Å²) >= 11 is 2.12. The summed E-state index contributed by atoms with van der Waals surface area (Å²) in [6, 6.07) is 0. The molecule has 19 heavy (non-hydrogen) atoms. The molecule has 1 nitrogen and oxygen atoms in total. The van der Waals surface area contributed by atoms with Crippen LogP contribution in [0.3, 0.4) is 0 Å². The van der Waals surface area contributed by atoms with Crippen molar-refractivity contribution in [3.8, 4) is 0 Å². The highest BCUT2D eigenvalue weighted by atomic mass is 127. The number of rotatable bonds is 6. The Morgan fingerprint density at radius 3 is 2.68 bits per heavy atom. The summed E-state index contributed by atoms with van der Waals surface area (Å²) in [7, 11) is 0. The van der Waals surface area contributed by atoms with Crippen LogP contribution in [-0.4, -0.2) is 5.78 Å². The summed E-state index contributed by atoms with van der Waals surface area (Å²) in [5.74, 6) is 3.37. The normalized spacial score (nSPS) is 31.3. The standard InChI is InChI=1S/C17H27IO/c18-13-12-16(19)10-3-1-6-14-8-5-9-15-7-2-4-11-17(14)15/h12-15,17H,1-11H2. The highest BCUT2D eigenvalue weighted by molar-refractivity contribution is 14.1. The topological polar surface area (TPSA) is 17.1 Å². The summed E-state index contributed by atoms with van der Waals surface area (Å²) < 4.78 is 1.83. The average molecular weight is 374 g/mol. The molecule has 0 aliphatic heterocycles. The predicted molar refractivity (Wildman–Crippen MR) is 89.4 cm³/mol. The third kappa shape index (κ3) is 4.87. The summed E-state index contributed by atoms with van der Waals surface area (Å²) in [6.45, 7) is 0. The first-order chi connectivity index (χ1) is 9.31. The first-order valence-corrected chi connectivity index (χ1v) is 9.35. The van der Waals surface area contributed by atoms with E-state index < -0.39 is 0 Å². The Balaban J connectivity index is 1.68. The lowest BCUT2D eigenvalue weighted by atomic mass is 9.64. The lowest BCUT2D eigenvalue weighted by Crippen LogP contribution is -2.30. The van der Waals surface area contributed by atoms with Crippen LogP contribution in [-0.2, 0) is 4.79 Å². The second kappa shape index (κ2) is 8.43. The molecule has 2 heteroatoms. The van der Waals surface area contributed by atoms with Crippen molar-refractivity contribution in [3.05, 3.63) is 10.2 Å². The van der Waals surface area contributed by atoms with Crippen molar-refractivity contribution in [2.45, 2.75) is 70.6 Å². The van der Waals surface area contributed by atoms with Crippen LogP contribution in [0.4, 0.5) is 0 Å². The number of fused-ring (bicyclic) bond motifs is 1. The number of unbranched alkanes of at least 4 members (excludes halogenated alkanes) is 1. The zero-order chi connectivity index (χ0) is 13.5. The fraction of sp³-hybridized carbons (Fsp3) is 0.824. The molecular weight excluding hydrogens is 347 g/mol. The average Bonchev–Trinajstić information content (AvgIpc) is 2.44. The first-order valence-electron chi connectivity index (χ1n) is 8.11. The van der Waals surface area contributed by atoms with Gasteiger partial charge in [-0.3, -0.25) is 4.79 Å². The molecule has 0 amide bonds. The van der Waals surface area contributed by atoms with Crippen LogP contribution in [0.1, 0.15) is 70.6 Å². The van der Waals surface area contributed by atoms with E-state index >= 15 is 0 Å². The number of hydrogen-bond donors (Lipinski definition) is 0. The number of carbonyl (C=O) groups is 1. The molecule has 0 saturated heterocycles. The highest BCUT2D eigenvalue weighted by Gasteiger charge is 2.34. The highest BCUT2D eigenvalue weighted by Crippen LogP contribution is 2.45. The van der Waals surface area contributed by atoms with Crippen molar-refractivity contribution in [1.29, 1.82) is 0 Å².